The zero-order valence-corrected chi connectivity index (χ0v) is 28.3. The highest BCUT2D eigenvalue weighted by Crippen LogP contribution is 2.39. The van der Waals surface area contributed by atoms with Gasteiger partial charge in [0.1, 0.15) is 22.0 Å². The van der Waals surface area contributed by atoms with E-state index in [2.05, 4.69) is 58.5 Å². The molecule has 0 bridgehead atoms. The van der Waals surface area contributed by atoms with Gasteiger partial charge >= 0.3 is 12.2 Å². The number of benzene rings is 2. The predicted molar refractivity (Wildman–Crippen MR) is 180 cm³/mol. The van der Waals surface area contributed by atoms with Crippen LogP contribution in [0.4, 0.5) is 9.59 Å². The van der Waals surface area contributed by atoms with E-state index in [0.29, 0.717) is 13.1 Å². The summed E-state index contributed by atoms with van der Waals surface area (Å²) in [4.78, 5) is 43.0. The number of nitrogens with zero attached hydrogens (tertiary/aromatic N) is 4. The second-order valence-electron chi connectivity index (χ2n) is 14.1. The Morgan fingerprint density at radius 2 is 1.22 bits per heavy atom. The minimum Gasteiger partial charge on any atom is -0.444 e. The van der Waals surface area contributed by atoms with Crippen LogP contribution in [0, 0.1) is 0 Å². The lowest BCUT2D eigenvalue weighted by Crippen LogP contribution is -2.36. The summed E-state index contributed by atoms with van der Waals surface area (Å²) < 4.78 is 11.3. The number of H-pyrrole nitrogens is 1. The Bertz CT molecular complexity index is 1550. The molecule has 46 heavy (non-hydrogen) atoms. The average molecular weight is 642 g/mol. The Hall–Kier alpha value is -4.18. The zero-order chi connectivity index (χ0) is 32.6. The van der Waals surface area contributed by atoms with Gasteiger partial charge in [0.25, 0.3) is 0 Å². The van der Waals surface area contributed by atoms with Crippen molar-refractivity contribution in [3.05, 3.63) is 71.8 Å². The standard InChI is InChI=1S/C36H43N5O4S/c1-35(2,3)44-33(42)40-19-7-9-28(40)31-37-21-27(39-31)25-15-11-23(12-16-25)24-13-17-26(18-14-24)30-22-38-32(46-30)29-10-8-20-41(29)34(43)45-36(4,5)6/h11-18,21-22,28-29H,7-10,19-20H2,1-6H3,(H,37,39). The minimum absolute atomic E-state index is 0.0422. The molecule has 4 heterocycles. The number of rotatable bonds is 5. The predicted octanol–water partition coefficient (Wildman–Crippen LogP) is 9.01. The Kier molecular flexibility index (Phi) is 8.67. The van der Waals surface area contributed by atoms with Crippen molar-refractivity contribution in [3.63, 3.8) is 0 Å². The Labute approximate surface area is 275 Å². The highest BCUT2D eigenvalue weighted by molar-refractivity contribution is 7.15. The van der Waals surface area contributed by atoms with E-state index in [-0.39, 0.29) is 24.3 Å². The van der Waals surface area contributed by atoms with E-state index in [1.54, 1.807) is 16.2 Å². The maximum atomic E-state index is 12.8. The fraction of sp³-hybridized carbons (Fsp3) is 0.444. The van der Waals surface area contributed by atoms with Gasteiger partial charge in [-0.25, -0.2) is 19.6 Å². The fourth-order valence-electron chi connectivity index (χ4n) is 6.05. The summed E-state index contributed by atoms with van der Waals surface area (Å²) in [6.07, 6.45) is 6.80. The van der Waals surface area contributed by atoms with Crippen molar-refractivity contribution in [2.75, 3.05) is 13.1 Å². The number of hydrogen-bond donors (Lipinski definition) is 1. The molecule has 2 aliphatic heterocycles. The molecule has 10 heteroatoms. The highest BCUT2D eigenvalue weighted by atomic mass is 32.1. The number of carbonyl (C=O) groups is 2. The quantitative estimate of drug-likeness (QED) is 0.233. The molecule has 0 spiro atoms. The smallest absolute Gasteiger partial charge is 0.410 e. The summed E-state index contributed by atoms with van der Waals surface area (Å²) in [5.41, 5.74) is 4.23. The molecule has 1 N–H and O–H groups in total. The molecular weight excluding hydrogens is 598 g/mol. The molecule has 0 aliphatic carbocycles. The van der Waals surface area contributed by atoms with Gasteiger partial charge in [0.2, 0.25) is 0 Å². The number of thiazole rings is 1. The zero-order valence-electron chi connectivity index (χ0n) is 27.5. The molecule has 0 radical (unpaired) electrons. The van der Waals surface area contributed by atoms with Crippen LogP contribution in [0.15, 0.2) is 60.9 Å². The van der Waals surface area contributed by atoms with Crippen LogP contribution >= 0.6 is 11.3 Å². The van der Waals surface area contributed by atoms with Crippen molar-refractivity contribution in [2.24, 2.45) is 0 Å². The van der Waals surface area contributed by atoms with Gasteiger partial charge in [-0.05, 0) is 89.5 Å². The van der Waals surface area contributed by atoms with Crippen molar-refractivity contribution < 1.29 is 19.1 Å². The van der Waals surface area contributed by atoms with E-state index in [1.807, 2.05) is 58.8 Å². The average Bonchev–Trinajstić information content (AvgIpc) is 3.82. The highest BCUT2D eigenvalue weighted by Gasteiger charge is 2.36. The topological polar surface area (TPSA) is 101 Å². The van der Waals surface area contributed by atoms with Crippen molar-refractivity contribution in [3.8, 4) is 32.8 Å². The summed E-state index contributed by atoms with van der Waals surface area (Å²) in [5, 5.41) is 0.950. The SMILES string of the molecule is CC(C)(C)OC(=O)N1CCCC1c1ncc(-c2ccc(-c3ccc(-c4cnc(C5CCCN5C(=O)OC(C)(C)C)s4)cc3)cc2)[nH]1. The lowest BCUT2D eigenvalue weighted by atomic mass is 10.0. The van der Waals surface area contributed by atoms with Crippen LogP contribution in [0.25, 0.3) is 32.8 Å². The number of nitrogens with one attached hydrogen (secondary N) is 1. The second-order valence-corrected chi connectivity index (χ2v) is 15.1. The first-order valence-corrected chi connectivity index (χ1v) is 16.9. The van der Waals surface area contributed by atoms with Gasteiger partial charge in [-0.15, -0.1) is 11.3 Å². The van der Waals surface area contributed by atoms with Crippen LogP contribution in [0.3, 0.4) is 0 Å². The largest absolute Gasteiger partial charge is 0.444 e. The van der Waals surface area contributed by atoms with Gasteiger partial charge in [0.05, 0.1) is 28.9 Å². The van der Waals surface area contributed by atoms with Crippen molar-refractivity contribution >= 4 is 23.5 Å². The van der Waals surface area contributed by atoms with E-state index in [1.165, 1.54) is 0 Å². The normalized spacial score (nSPS) is 18.7. The van der Waals surface area contributed by atoms with Crippen molar-refractivity contribution in [2.45, 2.75) is 90.5 Å². The molecule has 4 aromatic rings. The summed E-state index contributed by atoms with van der Waals surface area (Å²) in [7, 11) is 0. The number of hydrogen-bond acceptors (Lipinski definition) is 7. The molecule has 6 rings (SSSR count). The van der Waals surface area contributed by atoms with Gasteiger partial charge in [-0.3, -0.25) is 9.80 Å². The van der Waals surface area contributed by atoms with Crippen LogP contribution in [0.1, 0.15) is 90.1 Å². The molecule has 2 aromatic heterocycles. The molecule has 2 atom stereocenters. The number of ether oxygens (including phenoxy) is 2. The van der Waals surface area contributed by atoms with Gasteiger partial charge in [0, 0.05) is 19.3 Å². The Morgan fingerprint density at radius 1 is 0.717 bits per heavy atom. The van der Waals surface area contributed by atoms with Crippen LogP contribution in [-0.2, 0) is 9.47 Å². The van der Waals surface area contributed by atoms with Gasteiger partial charge in [0.15, 0.2) is 0 Å². The van der Waals surface area contributed by atoms with E-state index >= 15 is 0 Å². The first kappa shape index (κ1) is 31.8. The molecule has 0 saturated carbocycles. The van der Waals surface area contributed by atoms with Crippen LogP contribution in [-0.4, -0.2) is 61.2 Å². The lowest BCUT2D eigenvalue weighted by Gasteiger charge is -2.27. The summed E-state index contributed by atoms with van der Waals surface area (Å²) >= 11 is 1.64. The number of amides is 2. The summed E-state index contributed by atoms with van der Waals surface area (Å²) in [5.74, 6) is 0.787. The molecule has 242 valence electrons. The van der Waals surface area contributed by atoms with Gasteiger partial charge in [-0.2, -0.15) is 0 Å². The molecular formula is C36H43N5O4S. The molecule has 2 amide bonds. The number of likely N-dealkylation sites (tertiary alicyclic amines) is 2. The van der Waals surface area contributed by atoms with E-state index in [0.717, 1.165) is 69.3 Å². The lowest BCUT2D eigenvalue weighted by molar-refractivity contribution is 0.0210. The molecule has 2 saturated heterocycles. The molecule has 2 aliphatic rings. The first-order chi connectivity index (χ1) is 21.8. The molecule has 9 nitrogen and oxygen atoms in total. The number of imidazole rings is 1. The minimum atomic E-state index is -0.534. The maximum absolute atomic E-state index is 12.8. The number of aromatic amines is 1. The molecule has 2 aromatic carbocycles. The van der Waals surface area contributed by atoms with Gasteiger partial charge < -0.3 is 14.5 Å². The third kappa shape index (κ3) is 7.12. The Morgan fingerprint density at radius 3 is 1.78 bits per heavy atom. The maximum Gasteiger partial charge on any atom is 0.410 e. The third-order valence-corrected chi connectivity index (χ3v) is 9.33. The van der Waals surface area contributed by atoms with Crippen molar-refractivity contribution in [1.82, 2.24) is 24.8 Å². The summed E-state index contributed by atoms with van der Waals surface area (Å²) in [6.45, 7) is 12.7. The van der Waals surface area contributed by atoms with Gasteiger partial charge in [-0.1, -0.05) is 48.5 Å². The Balaban J connectivity index is 1.11. The number of aromatic nitrogens is 3. The van der Waals surface area contributed by atoms with Crippen molar-refractivity contribution in [1.29, 1.82) is 0 Å². The fourth-order valence-corrected chi connectivity index (χ4v) is 7.12. The van der Waals surface area contributed by atoms with E-state index in [4.69, 9.17) is 14.5 Å². The van der Waals surface area contributed by atoms with Crippen LogP contribution in [0.2, 0.25) is 0 Å². The third-order valence-electron chi connectivity index (χ3n) is 8.18. The van der Waals surface area contributed by atoms with Crippen LogP contribution in [0.5, 0.6) is 0 Å². The monoisotopic (exact) mass is 641 g/mol. The second kappa shape index (κ2) is 12.5. The molecule has 2 unspecified atom stereocenters. The number of carbonyl (C=O) groups excluding carboxylic acids is 2. The van der Waals surface area contributed by atoms with E-state index < -0.39 is 11.2 Å². The molecule has 2 fully saturated rings. The van der Waals surface area contributed by atoms with Crippen LogP contribution < -0.4 is 0 Å². The summed E-state index contributed by atoms with van der Waals surface area (Å²) in [6, 6.07) is 16.8. The van der Waals surface area contributed by atoms with E-state index in [9.17, 15) is 9.59 Å². The first-order valence-electron chi connectivity index (χ1n) is 16.1.